The molecule has 0 saturated heterocycles. The number of halogens is 1. The van der Waals surface area contributed by atoms with Crippen molar-refractivity contribution in [1.29, 1.82) is 0 Å². The smallest absolute Gasteiger partial charge is 0.262 e. The standard InChI is InChI=1S/C24H24ClN3O2S/c1-28(2)24(14-15-24)17-8-10-18(11-9-17)26-23(30)21(16-6-4-3-5-7-16)27-22(29)19-12-13-20(25)31-19/h3-13,21H,14-15H2,1-2H3,(H,26,30)(H,27,29). The largest absolute Gasteiger partial charge is 0.336 e. The normalized spacial score (nSPS) is 15.4. The third kappa shape index (κ3) is 4.66. The van der Waals surface area contributed by atoms with Crippen LogP contribution in [-0.2, 0) is 10.3 Å². The van der Waals surface area contributed by atoms with Crippen LogP contribution in [0.4, 0.5) is 5.69 Å². The molecule has 5 nitrogen and oxygen atoms in total. The molecule has 1 aliphatic carbocycles. The van der Waals surface area contributed by atoms with Gasteiger partial charge < -0.3 is 10.6 Å². The Morgan fingerprint density at radius 2 is 1.68 bits per heavy atom. The second-order valence-electron chi connectivity index (χ2n) is 7.91. The summed E-state index contributed by atoms with van der Waals surface area (Å²) in [6.45, 7) is 0. The molecule has 2 amide bonds. The van der Waals surface area contributed by atoms with Crippen LogP contribution >= 0.6 is 22.9 Å². The number of nitrogens with one attached hydrogen (secondary N) is 2. The predicted octanol–water partition coefficient (Wildman–Crippen LogP) is 5.06. The van der Waals surface area contributed by atoms with Gasteiger partial charge in [-0.2, -0.15) is 0 Å². The minimum Gasteiger partial charge on any atom is -0.336 e. The van der Waals surface area contributed by atoms with Crippen LogP contribution in [0.1, 0.15) is 39.7 Å². The molecule has 4 rings (SSSR count). The summed E-state index contributed by atoms with van der Waals surface area (Å²) in [7, 11) is 4.19. The molecule has 1 aromatic heterocycles. The van der Waals surface area contributed by atoms with Crippen molar-refractivity contribution in [1.82, 2.24) is 10.2 Å². The summed E-state index contributed by atoms with van der Waals surface area (Å²) in [5.74, 6) is -0.637. The lowest BCUT2D eigenvalue weighted by atomic mass is 10.0. The molecule has 2 aromatic carbocycles. The van der Waals surface area contributed by atoms with Crippen LogP contribution < -0.4 is 10.6 Å². The zero-order chi connectivity index (χ0) is 22.0. The zero-order valence-corrected chi connectivity index (χ0v) is 19.0. The number of amides is 2. The SMILES string of the molecule is CN(C)C1(c2ccc(NC(=O)C(NC(=O)c3ccc(Cl)s3)c3ccccc3)cc2)CC1. The second-order valence-corrected chi connectivity index (χ2v) is 9.63. The van der Waals surface area contributed by atoms with E-state index in [9.17, 15) is 9.59 Å². The number of carbonyl (C=O) groups is 2. The first-order valence-corrected chi connectivity index (χ1v) is 11.3. The van der Waals surface area contributed by atoms with Crippen molar-refractivity contribution in [2.75, 3.05) is 19.4 Å². The first kappa shape index (κ1) is 21.6. The monoisotopic (exact) mass is 453 g/mol. The van der Waals surface area contributed by atoms with Gasteiger partial charge in [-0.25, -0.2) is 0 Å². The van der Waals surface area contributed by atoms with E-state index in [-0.39, 0.29) is 17.4 Å². The Bertz CT molecular complexity index is 1080. The van der Waals surface area contributed by atoms with Gasteiger partial charge in [-0.1, -0.05) is 54.1 Å². The van der Waals surface area contributed by atoms with Gasteiger partial charge in [-0.15, -0.1) is 11.3 Å². The van der Waals surface area contributed by atoms with Crippen LogP contribution in [0, 0.1) is 0 Å². The number of thiophene rings is 1. The molecule has 7 heteroatoms. The van der Waals surface area contributed by atoms with E-state index in [1.807, 2.05) is 42.5 Å². The highest BCUT2D eigenvalue weighted by Crippen LogP contribution is 2.49. The molecular weight excluding hydrogens is 430 g/mol. The van der Waals surface area contributed by atoms with E-state index in [2.05, 4.69) is 41.8 Å². The fourth-order valence-corrected chi connectivity index (χ4v) is 4.72. The average Bonchev–Trinajstić information content (AvgIpc) is 3.48. The highest BCUT2D eigenvalue weighted by Gasteiger charge is 2.46. The van der Waals surface area contributed by atoms with Gasteiger partial charge >= 0.3 is 0 Å². The van der Waals surface area contributed by atoms with Gasteiger partial charge in [0.15, 0.2) is 0 Å². The van der Waals surface area contributed by atoms with Crippen molar-refractivity contribution < 1.29 is 9.59 Å². The zero-order valence-electron chi connectivity index (χ0n) is 17.4. The molecule has 1 heterocycles. The highest BCUT2D eigenvalue weighted by molar-refractivity contribution is 7.18. The summed E-state index contributed by atoms with van der Waals surface area (Å²) < 4.78 is 0.525. The second kappa shape index (κ2) is 8.83. The lowest BCUT2D eigenvalue weighted by Gasteiger charge is -2.24. The third-order valence-electron chi connectivity index (χ3n) is 5.74. The van der Waals surface area contributed by atoms with Gasteiger partial charge in [-0.05, 0) is 62.3 Å². The van der Waals surface area contributed by atoms with Gasteiger partial charge in [0, 0.05) is 11.2 Å². The van der Waals surface area contributed by atoms with Crippen molar-refractivity contribution in [3.8, 4) is 0 Å². The first-order chi connectivity index (χ1) is 14.9. The van der Waals surface area contributed by atoms with Crippen LogP contribution in [0.15, 0.2) is 66.7 Å². The molecule has 31 heavy (non-hydrogen) atoms. The van der Waals surface area contributed by atoms with Crippen LogP contribution in [-0.4, -0.2) is 30.8 Å². The van der Waals surface area contributed by atoms with Gasteiger partial charge in [0.05, 0.1) is 9.21 Å². The van der Waals surface area contributed by atoms with Crippen molar-refractivity contribution in [2.45, 2.75) is 24.4 Å². The fraction of sp³-hybridized carbons (Fsp3) is 0.250. The van der Waals surface area contributed by atoms with E-state index in [1.54, 1.807) is 12.1 Å². The molecule has 3 aromatic rings. The van der Waals surface area contributed by atoms with Crippen LogP contribution in [0.25, 0.3) is 0 Å². The minimum absolute atomic E-state index is 0.116. The van der Waals surface area contributed by atoms with Crippen LogP contribution in [0.2, 0.25) is 4.34 Å². The Morgan fingerprint density at radius 3 is 2.23 bits per heavy atom. The molecular formula is C24H24ClN3O2S. The molecule has 1 fully saturated rings. The lowest BCUT2D eigenvalue weighted by molar-refractivity contribution is -0.118. The van der Waals surface area contributed by atoms with Crippen molar-refractivity contribution in [2.24, 2.45) is 0 Å². The van der Waals surface area contributed by atoms with Gasteiger partial charge in [0.25, 0.3) is 11.8 Å². The molecule has 160 valence electrons. The summed E-state index contributed by atoms with van der Waals surface area (Å²) in [5.41, 5.74) is 2.76. The molecule has 2 N–H and O–H groups in total. The molecule has 1 aliphatic rings. The molecule has 1 unspecified atom stereocenters. The number of rotatable bonds is 7. The molecule has 0 bridgehead atoms. The maximum atomic E-state index is 13.1. The predicted molar refractivity (Wildman–Crippen MR) is 126 cm³/mol. The number of nitrogens with zero attached hydrogens (tertiary/aromatic N) is 1. The van der Waals surface area contributed by atoms with Gasteiger partial charge in [0.1, 0.15) is 6.04 Å². The van der Waals surface area contributed by atoms with Crippen molar-refractivity contribution in [3.05, 3.63) is 87.1 Å². The van der Waals surface area contributed by atoms with E-state index in [1.165, 1.54) is 16.9 Å². The molecule has 0 spiro atoms. The summed E-state index contributed by atoms with van der Waals surface area (Å²) in [5, 5.41) is 5.78. The van der Waals surface area contributed by atoms with E-state index in [0.717, 1.165) is 12.8 Å². The number of hydrogen-bond acceptors (Lipinski definition) is 4. The maximum Gasteiger partial charge on any atom is 0.262 e. The van der Waals surface area contributed by atoms with E-state index in [4.69, 9.17) is 11.6 Å². The highest BCUT2D eigenvalue weighted by atomic mass is 35.5. The topological polar surface area (TPSA) is 61.4 Å². The molecule has 0 radical (unpaired) electrons. The third-order valence-corrected chi connectivity index (χ3v) is 6.97. The lowest BCUT2D eigenvalue weighted by Crippen LogP contribution is -2.36. The Hall–Kier alpha value is -2.67. The number of benzene rings is 2. The van der Waals surface area contributed by atoms with Crippen molar-refractivity contribution >= 4 is 40.4 Å². The Labute approximate surface area is 191 Å². The quantitative estimate of drug-likeness (QED) is 0.525. The average molecular weight is 454 g/mol. The van der Waals surface area contributed by atoms with E-state index < -0.39 is 6.04 Å². The summed E-state index contributed by atoms with van der Waals surface area (Å²) in [6, 6.07) is 19.6. The van der Waals surface area contributed by atoms with Gasteiger partial charge in [0.2, 0.25) is 0 Å². The Kier molecular flexibility index (Phi) is 6.14. The molecule has 1 saturated carbocycles. The fourth-order valence-electron chi connectivity index (χ4n) is 3.78. The first-order valence-electron chi connectivity index (χ1n) is 10.1. The Morgan fingerprint density at radius 1 is 1.00 bits per heavy atom. The summed E-state index contributed by atoms with van der Waals surface area (Å²) in [4.78, 5) is 28.5. The number of carbonyl (C=O) groups excluding carboxylic acids is 2. The minimum atomic E-state index is -0.828. The van der Waals surface area contributed by atoms with Crippen molar-refractivity contribution in [3.63, 3.8) is 0 Å². The maximum absolute atomic E-state index is 13.1. The number of hydrogen-bond donors (Lipinski definition) is 2. The summed E-state index contributed by atoms with van der Waals surface area (Å²) >= 11 is 7.13. The van der Waals surface area contributed by atoms with Gasteiger partial charge in [-0.3, -0.25) is 14.5 Å². The molecule has 1 atom stereocenters. The Balaban J connectivity index is 1.51. The van der Waals surface area contributed by atoms with E-state index in [0.29, 0.717) is 20.5 Å². The van der Waals surface area contributed by atoms with E-state index >= 15 is 0 Å². The van der Waals surface area contributed by atoms with Crippen LogP contribution in [0.5, 0.6) is 0 Å². The van der Waals surface area contributed by atoms with Crippen LogP contribution in [0.3, 0.4) is 0 Å². The summed E-state index contributed by atoms with van der Waals surface area (Å²) in [6.07, 6.45) is 2.28. The molecule has 0 aliphatic heterocycles. The number of anilines is 1.